The fourth-order valence-electron chi connectivity index (χ4n) is 1.14. The van der Waals surface area contributed by atoms with E-state index in [9.17, 15) is 0 Å². The molecule has 0 amide bonds. The van der Waals surface area contributed by atoms with E-state index >= 15 is 0 Å². The number of nitrogens with zero attached hydrogens (tertiary/aromatic N) is 2. The van der Waals surface area contributed by atoms with Crippen LogP contribution >= 0.6 is 46.6 Å². The summed E-state index contributed by atoms with van der Waals surface area (Å²) in [5, 5.41) is 1.98. The van der Waals surface area contributed by atoms with E-state index < -0.39 is 0 Å². The van der Waals surface area contributed by atoms with Gasteiger partial charge in [0.05, 0.1) is 21.1 Å². The van der Waals surface area contributed by atoms with Gasteiger partial charge in [0.25, 0.3) is 0 Å². The zero-order valence-corrected chi connectivity index (χ0v) is 10.7. The Morgan fingerprint density at radius 2 is 1.53 bits per heavy atom. The molecule has 15 heavy (non-hydrogen) atoms. The van der Waals surface area contributed by atoms with Crippen molar-refractivity contribution >= 4 is 57.6 Å². The summed E-state index contributed by atoms with van der Waals surface area (Å²) in [5.41, 5.74) is 1.34. The van der Waals surface area contributed by atoms with Gasteiger partial charge in [-0.05, 0) is 18.4 Å². The largest absolute Gasteiger partial charge is 0.237 e. The first-order valence-electron chi connectivity index (χ1n) is 3.98. The quantitative estimate of drug-likeness (QED) is 0.727. The van der Waals surface area contributed by atoms with Crippen LogP contribution in [0.5, 0.6) is 0 Å². The van der Waals surface area contributed by atoms with Crippen LogP contribution in [0.3, 0.4) is 0 Å². The van der Waals surface area contributed by atoms with Crippen molar-refractivity contribution in [2.75, 3.05) is 6.26 Å². The summed E-state index contributed by atoms with van der Waals surface area (Å²) in [6.45, 7) is 0. The summed E-state index contributed by atoms with van der Waals surface area (Å²) in [7, 11) is 0. The van der Waals surface area contributed by atoms with Crippen LogP contribution in [0.15, 0.2) is 17.2 Å². The maximum absolute atomic E-state index is 5.92. The predicted molar refractivity (Wildman–Crippen MR) is 66.3 cm³/mol. The van der Waals surface area contributed by atoms with E-state index in [0.717, 1.165) is 0 Å². The lowest BCUT2D eigenvalue weighted by Crippen LogP contribution is -1.89. The van der Waals surface area contributed by atoms with E-state index in [1.165, 1.54) is 11.8 Å². The van der Waals surface area contributed by atoms with Crippen LogP contribution in [-0.4, -0.2) is 16.2 Å². The van der Waals surface area contributed by atoms with Gasteiger partial charge < -0.3 is 0 Å². The molecule has 0 spiro atoms. The Bertz CT molecular complexity index is 530. The summed E-state index contributed by atoms with van der Waals surface area (Å²) in [6.07, 6.45) is 1.89. The fourth-order valence-corrected chi connectivity index (χ4v) is 2.23. The molecule has 0 unspecified atom stereocenters. The molecule has 2 nitrogen and oxygen atoms in total. The van der Waals surface area contributed by atoms with Gasteiger partial charge in [0.2, 0.25) is 0 Å². The van der Waals surface area contributed by atoms with Crippen molar-refractivity contribution in [3.8, 4) is 0 Å². The molecule has 0 bridgehead atoms. The topological polar surface area (TPSA) is 25.8 Å². The number of thioether (sulfide) groups is 1. The van der Waals surface area contributed by atoms with Crippen LogP contribution in [0.1, 0.15) is 0 Å². The third-order valence-corrected chi connectivity index (χ3v) is 3.60. The summed E-state index contributed by atoms with van der Waals surface area (Å²) >= 11 is 19.1. The van der Waals surface area contributed by atoms with Gasteiger partial charge >= 0.3 is 0 Å². The molecule has 6 heteroatoms. The van der Waals surface area contributed by atoms with E-state index in [2.05, 4.69) is 9.97 Å². The molecule has 2 rings (SSSR count). The minimum Gasteiger partial charge on any atom is -0.237 e. The molecule has 0 fully saturated rings. The van der Waals surface area contributed by atoms with E-state index in [-0.39, 0.29) is 0 Å². The van der Waals surface area contributed by atoms with Crippen molar-refractivity contribution in [1.29, 1.82) is 0 Å². The van der Waals surface area contributed by atoms with Gasteiger partial charge in [-0.3, -0.25) is 0 Å². The third kappa shape index (κ3) is 2.16. The van der Waals surface area contributed by atoms with Crippen LogP contribution in [0.2, 0.25) is 15.2 Å². The average molecular weight is 280 g/mol. The summed E-state index contributed by atoms with van der Waals surface area (Å²) in [5.74, 6) is 0. The third-order valence-electron chi connectivity index (χ3n) is 1.83. The van der Waals surface area contributed by atoms with Gasteiger partial charge in [0.15, 0.2) is 5.15 Å². The minimum atomic E-state index is 0.383. The zero-order valence-electron chi connectivity index (χ0n) is 7.59. The first kappa shape index (κ1) is 11.3. The van der Waals surface area contributed by atoms with Crippen molar-refractivity contribution in [3.05, 3.63) is 27.3 Å². The fraction of sp³-hybridized carbons (Fsp3) is 0.111. The molecule has 78 valence electrons. The highest BCUT2D eigenvalue weighted by Crippen LogP contribution is 2.29. The number of hydrogen-bond donors (Lipinski definition) is 0. The lowest BCUT2D eigenvalue weighted by Gasteiger charge is -2.03. The van der Waals surface area contributed by atoms with Crippen LogP contribution in [0.25, 0.3) is 11.0 Å². The molecule has 0 N–H and O–H groups in total. The second kappa shape index (κ2) is 4.34. The number of rotatable bonds is 1. The van der Waals surface area contributed by atoms with Crippen molar-refractivity contribution in [1.82, 2.24) is 9.97 Å². The van der Waals surface area contributed by atoms with Gasteiger partial charge in [-0.25, -0.2) is 9.97 Å². The monoisotopic (exact) mass is 278 g/mol. The lowest BCUT2D eigenvalue weighted by molar-refractivity contribution is 1.13. The highest BCUT2D eigenvalue weighted by molar-refractivity contribution is 7.98. The van der Waals surface area contributed by atoms with Crippen LogP contribution in [0, 0.1) is 0 Å². The Hall–Kier alpha value is -0.220. The Labute approximate surface area is 106 Å². The van der Waals surface area contributed by atoms with Gasteiger partial charge in [0, 0.05) is 0 Å². The van der Waals surface area contributed by atoms with Crippen molar-refractivity contribution in [3.63, 3.8) is 0 Å². The molecule has 0 atom stereocenters. The normalized spacial score (nSPS) is 10.9. The SMILES string of the molecule is CSc1nc2cc(Cl)c(Cl)cc2nc1Cl. The Kier molecular flexibility index (Phi) is 3.26. The molecule has 0 aliphatic heterocycles. The molecular formula is C9H5Cl3N2S. The molecule has 0 saturated heterocycles. The van der Waals surface area contributed by atoms with Gasteiger partial charge in [-0.1, -0.05) is 34.8 Å². The molecule has 0 aliphatic rings. The molecule has 0 radical (unpaired) electrons. The summed E-state index contributed by atoms with van der Waals surface area (Å²) in [4.78, 5) is 8.51. The number of benzene rings is 1. The van der Waals surface area contributed by atoms with Gasteiger partial charge in [-0.2, -0.15) is 0 Å². The predicted octanol–water partition coefficient (Wildman–Crippen LogP) is 4.31. The Morgan fingerprint density at radius 1 is 1.00 bits per heavy atom. The molecule has 1 aromatic carbocycles. The maximum Gasteiger partial charge on any atom is 0.161 e. The highest BCUT2D eigenvalue weighted by atomic mass is 35.5. The number of aromatic nitrogens is 2. The van der Waals surface area contributed by atoms with Crippen LogP contribution < -0.4 is 0 Å². The maximum atomic E-state index is 5.92. The first-order valence-corrected chi connectivity index (χ1v) is 6.34. The smallest absolute Gasteiger partial charge is 0.161 e. The van der Waals surface area contributed by atoms with Crippen molar-refractivity contribution in [2.24, 2.45) is 0 Å². The second-order valence-electron chi connectivity index (χ2n) is 2.78. The summed E-state index contributed by atoms with van der Waals surface area (Å²) in [6, 6.07) is 3.34. The molecule has 0 aliphatic carbocycles. The van der Waals surface area contributed by atoms with E-state index in [4.69, 9.17) is 34.8 Å². The van der Waals surface area contributed by atoms with Crippen LogP contribution in [0.4, 0.5) is 0 Å². The van der Waals surface area contributed by atoms with E-state index in [1.807, 2.05) is 6.26 Å². The number of fused-ring (bicyclic) bond motifs is 1. The molecule has 0 saturated carbocycles. The van der Waals surface area contributed by atoms with E-state index in [1.54, 1.807) is 12.1 Å². The van der Waals surface area contributed by atoms with Gasteiger partial charge in [-0.15, -0.1) is 11.8 Å². The van der Waals surface area contributed by atoms with Crippen LogP contribution in [-0.2, 0) is 0 Å². The highest BCUT2D eigenvalue weighted by Gasteiger charge is 2.08. The lowest BCUT2D eigenvalue weighted by atomic mass is 10.3. The Morgan fingerprint density at radius 3 is 2.07 bits per heavy atom. The average Bonchev–Trinajstić information content (AvgIpc) is 2.20. The van der Waals surface area contributed by atoms with Crippen molar-refractivity contribution < 1.29 is 0 Å². The number of halogens is 3. The molecule has 1 aromatic heterocycles. The van der Waals surface area contributed by atoms with Gasteiger partial charge in [0.1, 0.15) is 5.03 Å². The second-order valence-corrected chi connectivity index (χ2v) is 4.75. The Balaban J connectivity index is 2.76. The minimum absolute atomic E-state index is 0.383. The molecular weight excluding hydrogens is 275 g/mol. The van der Waals surface area contributed by atoms with E-state index in [0.29, 0.717) is 31.3 Å². The summed E-state index contributed by atoms with van der Waals surface area (Å²) < 4.78 is 0. The standard InChI is InChI=1S/C9H5Cl3N2S/c1-15-9-8(12)13-6-2-4(10)5(11)3-7(6)14-9/h2-3H,1H3. The molecule has 1 heterocycles. The zero-order chi connectivity index (χ0) is 11.0. The molecule has 2 aromatic rings. The number of hydrogen-bond acceptors (Lipinski definition) is 3. The van der Waals surface area contributed by atoms with Crippen molar-refractivity contribution in [2.45, 2.75) is 5.03 Å². The first-order chi connectivity index (χ1) is 7.11.